The Hall–Kier alpha value is -0.780. The molecule has 2 aliphatic rings. The third kappa shape index (κ3) is 3.35. The topological polar surface area (TPSA) is 41.1 Å². The summed E-state index contributed by atoms with van der Waals surface area (Å²) >= 11 is 1.73. The molecule has 116 valence electrons. The number of hydrogen-bond donors (Lipinski definition) is 2. The van der Waals surface area contributed by atoms with Crippen LogP contribution in [0.5, 0.6) is 0 Å². The van der Waals surface area contributed by atoms with E-state index in [-0.39, 0.29) is 35.6 Å². The van der Waals surface area contributed by atoms with Gasteiger partial charge in [0, 0.05) is 17.2 Å². The van der Waals surface area contributed by atoms with Crippen molar-refractivity contribution in [3.63, 3.8) is 0 Å². The Morgan fingerprint density at radius 3 is 3.05 bits per heavy atom. The Labute approximate surface area is 134 Å². The van der Waals surface area contributed by atoms with E-state index in [1.165, 1.54) is 6.07 Å². The van der Waals surface area contributed by atoms with Gasteiger partial charge in [0.2, 0.25) is 5.91 Å². The van der Waals surface area contributed by atoms with Gasteiger partial charge < -0.3 is 10.6 Å². The highest BCUT2D eigenvalue weighted by molar-refractivity contribution is 7.99. The van der Waals surface area contributed by atoms with Crippen molar-refractivity contribution >= 4 is 30.1 Å². The van der Waals surface area contributed by atoms with Crippen LogP contribution in [0.15, 0.2) is 23.1 Å². The monoisotopic (exact) mass is 330 g/mol. The second-order valence-corrected chi connectivity index (χ2v) is 6.97. The maximum atomic E-state index is 13.4. The van der Waals surface area contributed by atoms with Crippen LogP contribution in [0.4, 0.5) is 4.39 Å². The van der Waals surface area contributed by atoms with E-state index in [1.54, 1.807) is 17.8 Å². The molecule has 0 bridgehead atoms. The van der Waals surface area contributed by atoms with E-state index in [4.69, 9.17) is 0 Å². The third-order valence-electron chi connectivity index (χ3n) is 4.23. The van der Waals surface area contributed by atoms with E-state index in [0.717, 1.165) is 42.1 Å². The SMILES string of the molecule is CC1(C(=O)NC2CCSc3ccc(F)cc32)CCNC1.Cl. The van der Waals surface area contributed by atoms with Gasteiger partial charge in [-0.05, 0) is 50.1 Å². The molecule has 1 aromatic carbocycles. The number of carbonyl (C=O) groups excluding carboxylic acids is 1. The first kappa shape index (κ1) is 16.6. The van der Waals surface area contributed by atoms with Crippen LogP contribution in [-0.2, 0) is 4.79 Å². The summed E-state index contributed by atoms with van der Waals surface area (Å²) in [5.74, 6) is 0.798. The van der Waals surface area contributed by atoms with Crippen molar-refractivity contribution in [2.24, 2.45) is 5.41 Å². The van der Waals surface area contributed by atoms with Crippen LogP contribution in [-0.4, -0.2) is 24.7 Å². The average Bonchev–Trinajstić information content (AvgIpc) is 2.88. The van der Waals surface area contributed by atoms with Crippen molar-refractivity contribution in [2.45, 2.75) is 30.7 Å². The van der Waals surface area contributed by atoms with E-state index in [1.807, 2.05) is 13.0 Å². The Kier molecular flexibility index (Phi) is 5.17. The number of hydrogen-bond acceptors (Lipinski definition) is 3. The van der Waals surface area contributed by atoms with Crippen LogP contribution < -0.4 is 10.6 Å². The van der Waals surface area contributed by atoms with Gasteiger partial charge in [0.1, 0.15) is 5.82 Å². The van der Waals surface area contributed by atoms with Crippen molar-refractivity contribution in [1.82, 2.24) is 10.6 Å². The predicted molar refractivity (Wildman–Crippen MR) is 85.5 cm³/mol. The van der Waals surface area contributed by atoms with Gasteiger partial charge in [0.15, 0.2) is 0 Å². The molecule has 21 heavy (non-hydrogen) atoms. The van der Waals surface area contributed by atoms with E-state index < -0.39 is 0 Å². The summed E-state index contributed by atoms with van der Waals surface area (Å²) in [6.07, 6.45) is 1.71. The Morgan fingerprint density at radius 1 is 1.52 bits per heavy atom. The first-order chi connectivity index (χ1) is 9.58. The van der Waals surface area contributed by atoms with Gasteiger partial charge in [-0.2, -0.15) is 0 Å². The fourth-order valence-electron chi connectivity index (χ4n) is 2.86. The van der Waals surface area contributed by atoms with E-state index >= 15 is 0 Å². The van der Waals surface area contributed by atoms with Crippen molar-refractivity contribution in [3.8, 4) is 0 Å². The second-order valence-electron chi connectivity index (χ2n) is 5.83. The minimum Gasteiger partial charge on any atom is -0.349 e. The molecule has 2 atom stereocenters. The molecule has 0 aliphatic carbocycles. The van der Waals surface area contributed by atoms with Gasteiger partial charge in [0.25, 0.3) is 0 Å². The highest BCUT2D eigenvalue weighted by atomic mass is 35.5. The molecule has 0 saturated carbocycles. The highest BCUT2D eigenvalue weighted by Gasteiger charge is 2.37. The van der Waals surface area contributed by atoms with Gasteiger partial charge in [-0.15, -0.1) is 24.2 Å². The highest BCUT2D eigenvalue weighted by Crippen LogP contribution is 2.37. The molecule has 2 unspecified atom stereocenters. The zero-order valence-corrected chi connectivity index (χ0v) is 13.6. The average molecular weight is 331 g/mol. The predicted octanol–water partition coefficient (Wildman–Crippen LogP) is 2.90. The molecule has 0 aromatic heterocycles. The number of benzene rings is 1. The quantitative estimate of drug-likeness (QED) is 0.876. The van der Waals surface area contributed by atoms with Crippen LogP contribution in [0, 0.1) is 11.2 Å². The number of rotatable bonds is 2. The second kappa shape index (κ2) is 6.55. The summed E-state index contributed by atoms with van der Waals surface area (Å²) in [5, 5.41) is 6.36. The summed E-state index contributed by atoms with van der Waals surface area (Å²) in [6, 6.07) is 4.79. The Bertz CT molecular complexity index is 534. The van der Waals surface area contributed by atoms with Crippen molar-refractivity contribution in [1.29, 1.82) is 0 Å². The number of halogens is 2. The van der Waals surface area contributed by atoms with E-state index in [9.17, 15) is 9.18 Å². The number of fused-ring (bicyclic) bond motifs is 1. The van der Waals surface area contributed by atoms with Gasteiger partial charge in [-0.3, -0.25) is 4.79 Å². The molecule has 2 heterocycles. The molecule has 2 aliphatic heterocycles. The summed E-state index contributed by atoms with van der Waals surface area (Å²) in [5.41, 5.74) is 0.585. The number of carbonyl (C=O) groups is 1. The molecular formula is C15H20ClFN2OS. The molecule has 6 heteroatoms. The van der Waals surface area contributed by atoms with E-state index in [0.29, 0.717) is 0 Å². The summed E-state index contributed by atoms with van der Waals surface area (Å²) < 4.78 is 13.4. The zero-order chi connectivity index (χ0) is 14.2. The molecule has 2 N–H and O–H groups in total. The van der Waals surface area contributed by atoms with Crippen LogP contribution >= 0.6 is 24.2 Å². The fourth-order valence-corrected chi connectivity index (χ4v) is 3.96. The lowest BCUT2D eigenvalue weighted by atomic mass is 9.88. The van der Waals surface area contributed by atoms with Gasteiger partial charge in [-0.1, -0.05) is 0 Å². The lowest BCUT2D eigenvalue weighted by Crippen LogP contribution is -2.42. The molecule has 3 rings (SSSR count). The molecule has 3 nitrogen and oxygen atoms in total. The molecule has 0 spiro atoms. The summed E-state index contributed by atoms with van der Waals surface area (Å²) in [7, 11) is 0. The Balaban J connectivity index is 0.00000161. The molecule has 1 saturated heterocycles. The van der Waals surface area contributed by atoms with Crippen molar-refractivity contribution in [2.75, 3.05) is 18.8 Å². The first-order valence-corrected chi connectivity index (χ1v) is 8.01. The normalized spacial score (nSPS) is 27.6. The standard InChI is InChI=1S/C15H19FN2OS.ClH/c1-15(5-6-17-9-15)14(19)18-12-4-7-20-13-3-2-10(16)8-11(12)13;/h2-3,8,12,17H,4-7,9H2,1H3,(H,18,19);1H. The van der Waals surface area contributed by atoms with Crippen LogP contribution in [0.1, 0.15) is 31.4 Å². The number of thioether (sulfide) groups is 1. The fraction of sp³-hybridized carbons (Fsp3) is 0.533. The lowest BCUT2D eigenvalue weighted by molar-refractivity contribution is -0.130. The maximum Gasteiger partial charge on any atom is 0.227 e. The van der Waals surface area contributed by atoms with Gasteiger partial charge in [-0.25, -0.2) is 4.39 Å². The summed E-state index contributed by atoms with van der Waals surface area (Å²) in [6.45, 7) is 3.60. The largest absolute Gasteiger partial charge is 0.349 e. The Morgan fingerprint density at radius 2 is 2.33 bits per heavy atom. The maximum absolute atomic E-state index is 13.4. The lowest BCUT2D eigenvalue weighted by Gasteiger charge is -2.30. The zero-order valence-electron chi connectivity index (χ0n) is 11.9. The summed E-state index contributed by atoms with van der Waals surface area (Å²) in [4.78, 5) is 13.6. The molecule has 1 amide bonds. The number of amides is 1. The minimum atomic E-state index is -0.335. The van der Waals surface area contributed by atoms with Gasteiger partial charge in [0.05, 0.1) is 11.5 Å². The van der Waals surface area contributed by atoms with Gasteiger partial charge >= 0.3 is 0 Å². The van der Waals surface area contributed by atoms with Crippen LogP contribution in [0.3, 0.4) is 0 Å². The minimum absolute atomic E-state index is 0. The smallest absolute Gasteiger partial charge is 0.227 e. The van der Waals surface area contributed by atoms with Crippen LogP contribution in [0.2, 0.25) is 0 Å². The molecule has 1 fully saturated rings. The van der Waals surface area contributed by atoms with Crippen molar-refractivity contribution in [3.05, 3.63) is 29.6 Å². The number of nitrogens with one attached hydrogen (secondary N) is 2. The molecule has 1 aromatic rings. The first-order valence-electron chi connectivity index (χ1n) is 7.02. The molecule has 0 radical (unpaired) electrons. The van der Waals surface area contributed by atoms with Crippen LogP contribution in [0.25, 0.3) is 0 Å². The molecular weight excluding hydrogens is 311 g/mol. The van der Waals surface area contributed by atoms with E-state index in [2.05, 4.69) is 10.6 Å². The van der Waals surface area contributed by atoms with Crippen molar-refractivity contribution < 1.29 is 9.18 Å². The third-order valence-corrected chi connectivity index (χ3v) is 5.36.